The summed E-state index contributed by atoms with van der Waals surface area (Å²) in [5, 5.41) is 25.0. The molecular formula is C32H41N7O5. The van der Waals surface area contributed by atoms with Crippen LogP contribution in [0.4, 0.5) is 0 Å². The normalized spacial score (nSPS) is 20.1. The first-order chi connectivity index (χ1) is 21.2. The first-order valence-corrected chi connectivity index (χ1v) is 15.4. The van der Waals surface area contributed by atoms with Crippen LogP contribution >= 0.6 is 0 Å². The molecule has 0 saturated carbocycles. The molecule has 6 rings (SSSR count). The van der Waals surface area contributed by atoms with Crippen LogP contribution in [-0.4, -0.2) is 77.2 Å². The van der Waals surface area contributed by atoms with Crippen molar-refractivity contribution in [3.8, 4) is 22.9 Å². The fourth-order valence-corrected chi connectivity index (χ4v) is 6.02. The summed E-state index contributed by atoms with van der Waals surface area (Å²) in [5.74, 6) is 0.113. The molecule has 2 aliphatic heterocycles. The maximum absolute atomic E-state index is 11.9. The quantitative estimate of drug-likeness (QED) is 0.325. The maximum Gasteiger partial charge on any atom is 0.325 e. The van der Waals surface area contributed by atoms with E-state index in [0.717, 1.165) is 64.8 Å². The summed E-state index contributed by atoms with van der Waals surface area (Å²) < 4.78 is 24.1. The zero-order valence-electron chi connectivity index (χ0n) is 26.1. The number of rotatable bonds is 6. The molecule has 0 aliphatic carbocycles. The van der Waals surface area contributed by atoms with E-state index in [1.54, 1.807) is 4.68 Å². The van der Waals surface area contributed by atoms with Gasteiger partial charge in [0.15, 0.2) is 6.23 Å². The largest absolute Gasteiger partial charge is 0.480 e. The average molecular weight is 604 g/mol. The molecule has 234 valence electrons. The first kappa shape index (κ1) is 29.9. The van der Waals surface area contributed by atoms with E-state index < -0.39 is 5.97 Å². The van der Waals surface area contributed by atoms with Gasteiger partial charge in [-0.25, -0.2) is 9.36 Å². The Labute approximate surface area is 256 Å². The van der Waals surface area contributed by atoms with Gasteiger partial charge >= 0.3 is 5.97 Å². The van der Waals surface area contributed by atoms with Crippen LogP contribution in [0, 0.1) is 0 Å². The van der Waals surface area contributed by atoms with Gasteiger partial charge in [0, 0.05) is 32.1 Å². The zero-order valence-corrected chi connectivity index (χ0v) is 26.1. The van der Waals surface area contributed by atoms with Crippen LogP contribution in [-0.2, 0) is 29.7 Å². The van der Waals surface area contributed by atoms with Gasteiger partial charge in [-0.15, -0.1) is 5.10 Å². The third-order valence-corrected chi connectivity index (χ3v) is 8.11. The topological polar surface area (TPSA) is 122 Å². The summed E-state index contributed by atoms with van der Waals surface area (Å²) in [7, 11) is 1.88. The van der Waals surface area contributed by atoms with Crippen molar-refractivity contribution in [3.05, 3.63) is 41.3 Å². The van der Waals surface area contributed by atoms with Crippen LogP contribution in [0.2, 0.25) is 0 Å². The summed E-state index contributed by atoms with van der Waals surface area (Å²) in [4.78, 5) is 14.1. The zero-order chi connectivity index (χ0) is 31.0. The minimum atomic E-state index is -0.973. The van der Waals surface area contributed by atoms with Gasteiger partial charge in [0.05, 0.1) is 40.3 Å². The molecule has 3 aromatic heterocycles. The lowest BCUT2D eigenvalue weighted by molar-refractivity contribution is -0.138. The predicted molar refractivity (Wildman–Crippen MR) is 166 cm³/mol. The van der Waals surface area contributed by atoms with Gasteiger partial charge in [-0.2, -0.15) is 10.2 Å². The molecule has 1 unspecified atom stereocenters. The second-order valence-corrected chi connectivity index (χ2v) is 11.8. The van der Waals surface area contributed by atoms with Crippen LogP contribution in [0.1, 0.15) is 70.1 Å². The summed E-state index contributed by atoms with van der Waals surface area (Å²) in [6, 6.07) is 6.31. The van der Waals surface area contributed by atoms with E-state index in [9.17, 15) is 9.90 Å². The van der Waals surface area contributed by atoms with Crippen LogP contribution in [0.25, 0.3) is 34.2 Å². The maximum atomic E-state index is 11.9. The monoisotopic (exact) mass is 603 g/mol. The number of nitrogens with zero attached hydrogens (tertiary/aromatic N) is 7. The standard InChI is InChI=1S/C32H41N7O5/c1-6-37-17-21(4)44-32-25(16-33-36(32)5)22-10-13-27-24(15-22)26(34-39(27)29-9-7-8-14-42-29)12-11-23-28(18-37)38(19-30(40)41)35-31(23)43-20(2)3/h10-13,15-16,20-21,29H,6-9,14,17-19H2,1-5H3,(H,40,41)/b12-11-/t21-,29?/m0/s1. The third-order valence-electron chi connectivity index (χ3n) is 8.11. The number of aromatic nitrogens is 6. The molecule has 44 heavy (non-hydrogen) atoms. The molecule has 2 bridgehead atoms. The lowest BCUT2D eigenvalue weighted by atomic mass is 10.0. The molecule has 12 nitrogen and oxygen atoms in total. The number of hydrogen-bond acceptors (Lipinski definition) is 8. The Kier molecular flexibility index (Phi) is 8.46. The van der Waals surface area contributed by atoms with Crippen LogP contribution in [0.3, 0.4) is 0 Å². The fourth-order valence-electron chi connectivity index (χ4n) is 6.02. The number of likely N-dealkylation sites (N-methyl/N-ethyl adjacent to an activating group) is 1. The van der Waals surface area contributed by atoms with Crippen molar-refractivity contribution >= 4 is 29.0 Å². The van der Waals surface area contributed by atoms with E-state index in [4.69, 9.17) is 19.3 Å². The number of aliphatic carboxylic acids is 1. The van der Waals surface area contributed by atoms with Gasteiger partial charge in [0.25, 0.3) is 0 Å². The van der Waals surface area contributed by atoms with Crippen molar-refractivity contribution in [3.63, 3.8) is 0 Å². The summed E-state index contributed by atoms with van der Waals surface area (Å²) in [6.45, 7) is 10.2. The van der Waals surface area contributed by atoms with Crippen molar-refractivity contribution in [2.24, 2.45) is 7.05 Å². The molecule has 2 atom stereocenters. The van der Waals surface area contributed by atoms with Crippen LogP contribution in [0.15, 0.2) is 24.4 Å². The minimum absolute atomic E-state index is 0.144. The Morgan fingerprint density at radius 1 is 1.20 bits per heavy atom. The molecule has 5 heterocycles. The van der Waals surface area contributed by atoms with E-state index in [0.29, 0.717) is 31.5 Å². The van der Waals surface area contributed by atoms with Crippen molar-refractivity contribution in [2.45, 2.75) is 78.5 Å². The van der Waals surface area contributed by atoms with Crippen LogP contribution in [0.5, 0.6) is 11.8 Å². The summed E-state index contributed by atoms with van der Waals surface area (Å²) >= 11 is 0. The molecule has 0 spiro atoms. The highest BCUT2D eigenvalue weighted by molar-refractivity contribution is 5.93. The molecule has 4 aromatic rings. The van der Waals surface area contributed by atoms with Gasteiger partial charge in [-0.3, -0.25) is 14.4 Å². The molecule has 0 radical (unpaired) electrons. The summed E-state index contributed by atoms with van der Waals surface area (Å²) in [5.41, 5.74) is 5.12. The van der Waals surface area contributed by atoms with E-state index >= 15 is 0 Å². The number of ether oxygens (including phenoxy) is 3. The Morgan fingerprint density at radius 2 is 2.05 bits per heavy atom. The molecular weight excluding hydrogens is 562 g/mol. The lowest BCUT2D eigenvalue weighted by Crippen LogP contribution is -2.35. The second-order valence-electron chi connectivity index (χ2n) is 11.8. The fraction of sp³-hybridized carbons (Fsp3) is 0.500. The number of carboxylic acids is 1. The number of fused-ring (bicyclic) bond motifs is 4. The van der Waals surface area contributed by atoms with Crippen molar-refractivity contribution in [1.82, 2.24) is 34.2 Å². The Balaban J connectivity index is 1.57. The second kappa shape index (κ2) is 12.4. The van der Waals surface area contributed by atoms with E-state index in [1.807, 2.05) is 50.8 Å². The number of hydrogen-bond donors (Lipinski definition) is 1. The lowest BCUT2D eigenvalue weighted by Gasteiger charge is -2.25. The molecule has 1 fully saturated rings. The van der Waals surface area contributed by atoms with Crippen molar-refractivity contribution < 1.29 is 24.1 Å². The number of aryl methyl sites for hydroxylation is 1. The van der Waals surface area contributed by atoms with Gasteiger partial charge in [0.2, 0.25) is 11.8 Å². The molecule has 1 saturated heterocycles. The van der Waals surface area contributed by atoms with Crippen LogP contribution < -0.4 is 9.47 Å². The molecule has 2 aliphatic rings. The SMILES string of the molecule is CCN1Cc2c(c(OC(C)C)nn2CC(=O)O)/C=C\c2nn(C3CCCCO3)c3ccc(cc23)-c2cnn(C)c2O[C@@H](C)C1. The predicted octanol–water partition coefficient (Wildman–Crippen LogP) is 4.98. The summed E-state index contributed by atoms with van der Waals surface area (Å²) in [6.07, 6.45) is 8.33. The molecule has 1 N–H and O–H groups in total. The first-order valence-electron chi connectivity index (χ1n) is 15.4. The van der Waals surface area contributed by atoms with E-state index in [-0.39, 0.29) is 25.0 Å². The van der Waals surface area contributed by atoms with Gasteiger partial charge in [0.1, 0.15) is 12.6 Å². The number of carbonyl (C=O) groups is 1. The highest BCUT2D eigenvalue weighted by atomic mass is 16.5. The highest BCUT2D eigenvalue weighted by Gasteiger charge is 2.26. The van der Waals surface area contributed by atoms with Gasteiger partial charge in [-0.1, -0.05) is 13.0 Å². The Morgan fingerprint density at radius 3 is 2.77 bits per heavy atom. The van der Waals surface area contributed by atoms with Crippen molar-refractivity contribution in [1.29, 1.82) is 0 Å². The van der Waals surface area contributed by atoms with Crippen molar-refractivity contribution in [2.75, 3.05) is 19.7 Å². The van der Waals surface area contributed by atoms with Gasteiger partial charge < -0.3 is 19.3 Å². The third kappa shape index (κ3) is 5.96. The molecule has 12 heteroatoms. The van der Waals surface area contributed by atoms with E-state index in [1.165, 1.54) is 4.68 Å². The average Bonchev–Trinajstić information content (AvgIpc) is 3.63. The van der Waals surface area contributed by atoms with Gasteiger partial charge in [-0.05, 0) is 76.4 Å². The Hall–Kier alpha value is -4.16. The number of benzene rings is 1. The molecule has 0 amide bonds. The van der Waals surface area contributed by atoms with E-state index in [2.05, 4.69) is 40.2 Å². The Bertz CT molecular complexity index is 1680. The highest BCUT2D eigenvalue weighted by Crippen LogP contribution is 2.36. The smallest absolute Gasteiger partial charge is 0.325 e. The minimum Gasteiger partial charge on any atom is -0.480 e. The number of carboxylic acid groups (broad SMARTS) is 1. The molecule has 1 aromatic carbocycles.